The predicted molar refractivity (Wildman–Crippen MR) is 250 cm³/mol. The first-order valence-corrected chi connectivity index (χ1v) is 24.1. The Morgan fingerprint density at radius 1 is 0.984 bits per heavy atom. The van der Waals surface area contributed by atoms with Crippen LogP contribution in [0, 0.1) is 52.8 Å². The zero-order valence-corrected chi connectivity index (χ0v) is 37.7. The largest absolute Gasteiger partial charge is 0.504 e. The molecule has 4 aliphatic carbocycles. The minimum atomic E-state index is -1.18. The molecule has 64 heavy (non-hydrogen) atoms. The van der Waals surface area contributed by atoms with Gasteiger partial charge in [-0.2, -0.15) is 0 Å². The maximum Gasteiger partial charge on any atom is 0.160 e. The summed E-state index contributed by atoms with van der Waals surface area (Å²) < 4.78 is 5.54. The minimum absolute atomic E-state index is 0.0134. The molecule has 0 amide bonds. The Labute approximate surface area is 378 Å². The number of nitrogens with two attached hydrogens (primary N) is 1. The maximum absolute atomic E-state index is 14.6. The van der Waals surface area contributed by atoms with Gasteiger partial charge in [-0.25, -0.2) is 0 Å². The van der Waals surface area contributed by atoms with Crippen LogP contribution in [0.3, 0.4) is 0 Å². The van der Waals surface area contributed by atoms with E-state index in [2.05, 4.69) is 64.2 Å². The number of allylic oxidation sites excluding steroid dienone is 2. The first kappa shape index (κ1) is 44.5. The number of dihydropyridines is 1. The molecule has 4 fully saturated rings. The SMILES string of the molecule is CNC[C@H]1C[C@H]2[C@H](CN[C@@H]3CC(=O)CC[C@H]23)C[C@@H]1[C@H]1CC[C@@]2(C#C[C@H](CC[C@H](O)C[C@H](C3=CCNC(N)=C3)c3ccc4ccccc4c3)c3cc(O)c(OC)cc3CCC2=O)[C@H](O)C1. The van der Waals surface area contributed by atoms with Gasteiger partial charge in [0.15, 0.2) is 17.3 Å². The second-order valence-corrected chi connectivity index (χ2v) is 20.1. The van der Waals surface area contributed by atoms with Gasteiger partial charge in [0.25, 0.3) is 0 Å². The lowest BCUT2D eigenvalue weighted by Gasteiger charge is -2.54. The Kier molecular flexibility index (Phi) is 13.3. The van der Waals surface area contributed by atoms with Crippen molar-refractivity contribution in [3.63, 3.8) is 0 Å². The van der Waals surface area contributed by atoms with E-state index in [-0.39, 0.29) is 29.8 Å². The fraction of sp³-hybridized carbons (Fsp3) is 0.556. The summed E-state index contributed by atoms with van der Waals surface area (Å²) >= 11 is 0. The lowest BCUT2D eigenvalue weighted by molar-refractivity contribution is -0.136. The zero-order valence-electron chi connectivity index (χ0n) is 37.7. The summed E-state index contributed by atoms with van der Waals surface area (Å²) in [6.45, 7) is 2.50. The number of rotatable bonds is 11. The number of Topliss-reactive ketones (excluding diaryl/α,β-unsaturated/α-hetero) is 2. The van der Waals surface area contributed by atoms with E-state index in [9.17, 15) is 24.9 Å². The Bertz CT molecular complexity index is 2350. The topological polar surface area (TPSA) is 166 Å². The summed E-state index contributed by atoms with van der Waals surface area (Å²) in [4.78, 5) is 26.9. The number of methoxy groups -OCH3 is 1. The summed E-state index contributed by atoms with van der Waals surface area (Å²) in [5.41, 5.74) is 9.00. The molecule has 6 aliphatic rings. The van der Waals surface area contributed by atoms with Crippen molar-refractivity contribution < 1.29 is 29.6 Å². The highest BCUT2D eigenvalue weighted by Gasteiger charge is 2.53. The Hall–Kier alpha value is -4.66. The number of carbonyl (C=O) groups is 2. The average Bonchev–Trinajstić information content (AvgIpc) is 3.35. The number of benzene rings is 3. The van der Waals surface area contributed by atoms with Crippen molar-refractivity contribution in [3.8, 4) is 23.3 Å². The molecule has 2 heterocycles. The molecule has 12 atom stereocenters. The number of carbonyl (C=O) groups excluding carboxylic acids is 2. The number of phenolic OH excluding ortho intramolecular Hbond substituents is 1. The Morgan fingerprint density at radius 3 is 2.62 bits per heavy atom. The number of aromatic hydroxyl groups is 1. The number of nitrogens with one attached hydrogen (secondary N) is 3. The fourth-order valence-corrected chi connectivity index (χ4v) is 13.2. The molecule has 0 radical (unpaired) electrons. The molecule has 3 saturated carbocycles. The van der Waals surface area contributed by atoms with Crippen LogP contribution in [0.15, 0.2) is 78.1 Å². The minimum Gasteiger partial charge on any atom is -0.504 e. The lowest BCUT2D eigenvalue weighted by Crippen LogP contribution is -2.57. The van der Waals surface area contributed by atoms with E-state index < -0.39 is 23.5 Å². The molecule has 10 heteroatoms. The van der Waals surface area contributed by atoms with Crippen molar-refractivity contribution in [1.29, 1.82) is 0 Å². The van der Waals surface area contributed by atoms with Gasteiger partial charge in [0.05, 0.1) is 25.1 Å². The molecule has 2 aliphatic heterocycles. The standard InChI is InChI=1S/C54H68N4O6/c1-56-30-39-23-47-40(31-58-48-28-42(60)12-13-43(47)48)22-44(39)37-16-19-54(52(63)25-37)18-15-33(46-29-49(61)50(64-2)24-36(46)10-14-51(54)62)9-11-41(59)27-45(38-17-20-57-53(55)26-38)35-8-7-32-5-3-4-6-34(32)21-35/h3-8,17,21,24,26,29,33,37,39-41,43-45,47-48,52,56-59,61,63H,9-14,16,19-20,22-23,25,27-28,30-31,55H2,1-2H3/t33-,37-,39+,40-,41-,43+,44+,45-,47-,48+,52+,54+/m0/s1. The smallest absolute Gasteiger partial charge is 0.160 e. The average molecular weight is 869 g/mol. The van der Waals surface area contributed by atoms with Gasteiger partial charge in [-0.05, 0) is 171 Å². The normalized spacial score (nSPS) is 32.5. The van der Waals surface area contributed by atoms with Gasteiger partial charge < -0.3 is 41.7 Å². The van der Waals surface area contributed by atoms with Crippen LogP contribution in [0.5, 0.6) is 11.5 Å². The number of piperidine rings is 1. The summed E-state index contributed by atoms with van der Waals surface area (Å²) in [5, 5.41) is 48.1. The fourth-order valence-electron chi connectivity index (χ4n) is 13.2. The quantitative estimate of drug-likeness (QED) is 0.102. The van der Waals surface area contributed by atoms with Crippen molar-refractivity contribution in [2.45, 2.75) is 114 Å². The molecule has 8 N–H and O–H groups in total. The van der Waals surface area contributed by atoms with E-state index in [0.717, 1.165) is 71.8 Å². The Balaban J connectivity index is 0.958. The second-order valence-electron chi connectivity index (χ2n) is 20.1. The van der Waals surface area contributed by atoms with Gasteiger partial charge in [-0.1, -0.05) is 60.4 Å². The van der Waals surface area contributed by atoms with Gasteiger partial charge in [0.2, 0.25) is 0 Å². The third-order valence-corrected chi connectivity index (χ3v) is 16.6. The van der Waals surface area contributed by atoms with E-state index >= 15 is 0 Å². The predicted octanol–water partition coefficient (Wildman–Crippen LogP) is 6.77. The molecule has 10 nitrogen and oxygen atoms in total. The van der Waals surface area contributed by atoms with Crippen LogP contribution in [0.25, 0.3) is 10.8 Å². The molecule has 9 rings (SSSR count). The summed E-state index contributed by atoms with van der Waals surface area (Å²) in [6.07, 6.45) is 11.1. The summed E-state index contributed by atoms with van der Waals surface area (Å²) in [7, 11) is 3.56. The van der Waals surface area contributed by atoms with Crippen molar-refractivity contribution >= 4 is 22.3 Å². The molecule has 0 bridgehead atoms. The number of ether oxygens (including phenoxy) is 1. The van der Waals surface area contributed by atoms with Gasteiger partial charge in [-0.15, -0.1) is 0 Å². The Morgan fingerprint density at radius 2 is 1.83 bits per heavy atom. The van der Waals surface area contributed by atoms with Crippen molar-refractivity contribution in [1.82, 2.24) is 16.0 Å². The molecule has 0 unspecified atom stereocenters. The zero-order chi connectivity index (χ0) is 44.5. The van der Waals surface area contributed by atoms with Gasteiger partial charge in [0, 0.05) is 43.7 Å². The number of hydrogen-bond acceptors (Lipinski definition) is 10. The highest BCUT2D eigenvalue weighted by atomic mass is 16.5. The molecular formula is C54H68N4O6. The number of hydrogen-bond donors (Lipinski definition) is 7. The third kappa shape index (κ3) is 8.98. The molecular weight excluding hydrogens is 801 g/mol. The van der Waals surface area contributed by atoms with Gasteiger partial charge in [-0.3, -0.25) is 9.59 Å². The number of aryl methyl sites for hydroxylation is 1. The monoisotopic (exact) mass is 869 g/mol. The van der Waals surface area contributed by atoms with Crippen LogP contribution in [0.2, 0.25) is 0 Å². The summed E-state index contributed by atoms with van der Waals surface area (Å²) in [5.74, 6) is 10.8. The van der Waals surface area contributed by atoms with E-state index in [1.807, 2.05) is 31.3 Å². The van der Waals surface area contributed by atoms with E-state index in [4.69, 9.17) is 10.5 Å². The van der Waals surface area contributed by atoms with Crippen LogP contribution < -0.4 is 26.4 Å². The van der Waals surface area contributed by atoms with Crippen LogP contribution in [0.1, 0.15) is 106 Å². The van der Waals surface area contributed by atoms with Crippen molar-refractivity contribution in [2.24, 2.45) is 46.7 Å². The third-order valence-electron chi connectivity index (χ3n) is 16.6. The van der Waals surface area contributed by atoms with Crippen LogP contribution in [-0.2, 0) is 16.0 Å². The van der Waals surface area contributed by atoms with Crippen LogP contribution in [-0.4, -0.2) is 78.9 Å². The molecule has 3 aromatic carbocycles. The molecule has 340 valence electrons. The van der Waals surface area contributed by atoms with E-state index in [1.165, 1.54) is 7.11 Å². The summed E-state index contributed by atoms with van der Waals surface area (Å²) in [6, 6.07) is 18.7. The van der Waals surface area contributed by atoms with E-state index in [0.29, 0.717) is 111 Å². The number of aliphatic hydroxyl groups excluding tert-OH is 2. The van der Waals surface area contributed by atoms with Crippen LogP contribution >= 0.6 is 0 Å². The first-order valence-electron chi connectivity index (χ1n) is 24.1. The molecule has 1 spiro atoms. The lowest BCUT2D eigenvalue weighted by atomic mass is 9.54. The number of ketones is 2. The van der Waals surface area contributed by atoms with Gasteiger partial charge in [0.1, 0.15) is 11.2 Å². The van der Waals surface area contributed by atoms with Crippen molar-refractivity contribution in [2.75, 3.05) is 33.8 Å². The van der Waals surface area contributed by atoms with Crippen molar-refractivity contribution in [3.05, 3.63) is 94.8 Å². The van der Waals surface area contributed by atoms with Crippen LogP contribution in [0.4, 0.5) is 0 Å². The second kappa shape index (κ2) is 19.1. The number of fused-ring (bicyclic) bond motifs is 5. The molecule has 3 aromatic rings. The number of phenols is 1. The van der Waals surface area contributed by atoms with Gasteiger partial charge >= 0.3 is 0 Å². The highest BCUT2D eigenvalue weighted by Crippen LogP contribution is 2.53. The maximum atomic E-state index is 14.6. The molecule has 1 saturated heterocycles. The number of aliphatic hydroxyl groups is 2. The first-order chi connectivity index (χ1) is 31.0. The molecule has 0 aromatic heterocycles. The highest BCUT2D eigenvalue weighted by molar-refractivity contribution is 5.89. The van der Waals surface area contributed by atoms with E-state index in [1.54, 1.807) is 6.07 Å².